The lowest BCUT2D eigenvalue weighted by atomic mass is 9.43. The maximum atomic E-state index is 13.6. The Morgan fingerprint density at radius 1 is 0.976 bits per heavy atom. The first-order valence-corrected chi connectivity index (χ1v) is 15.9. The molecule has 6 fully saturated rings. The first-order chi connectivity index (χ1) is 20.3. The summed E-state index contributed by atoms with van der Waals surface area (Å²) in [5.41, 5.74) is 1.48. The third-order valence-electron chi connectivity index (χ3n) is 13.0. The van der Waals surface area contributed by atoms with Crippen LogP contribution in [0.15, 0.2) is 72.8 Å². The van der Waals surface area contributed by atoms with Gasteiger partial charge in [-0.1, -0.05) is 56.8 Å². The fourth-order valence-electron chi connectivity index (χ4n) is 11.8. The second-order valence-corrected chi connectivity index (χ2v) is 14.4. The molecule has 6 aliphatic rings. The number of ether oxygens (including phenoxy) is 2. The van der Waals surface area contributed by atoms with E-state index in [-0.39, 0.29) is 58.1 Å². The molecule has 220 valence electrons. The molecule has 0 aromatic heterocycles. The molecule has 2 spiro atoms. The van der Waals surface area contributed by atoms with Crippen molar-refractivity contribution in [1.29, 1.82) is 0 Å². The molecular formula is C36H41NO5. The van der Waals surface area contributed by atoms with Crippen molar-refractivity contribution in [2.75, 3.05) is 13.1 Å². The van der Waals surface area contributed by atoms with Crippen molar-refractivity contribution >= 4 is 11.9 Å². The lowest BCUT2D eigenvalue weighted by Crippen LogP contribution is -2.69. The lowest BCUT2D eigenvalue weighted by Gasteiger charge is -2.65. The normalized spacial score (nSPS) is 44.5. The summed E-state index contributed by atoms with van der Waals surface area (Å²) in [5.74, 6) is 0.0763. The summed E-state index contributed by atoms with van der Waals surface area (Å²) in [7, 11) is 0. The van der Waals surface area contributed by atoms with Crippen LogP contribution in [0.2, 0.25) is 0 Å². The van der Waals surface area contributed by atoms with Crippen LogP contribution >= 0.6 is 0 Å². The number of hydrogen-bond donors (Lipinski definition) is 1. The standard InChI is InChI=1S/C36H41NO5/c1-4-37-20-34(3)16-15-29(41-32(39)22-11-7-5-8-12-22)36-27(34)17-25(30(36)37)35-19-24(26(38)18-28(35)36)21(2)31(35)42-33(40)23-13-9-6-10-14-23/h5-14,24-31,38H,2,4,15-20H2,1,3H3/t24-,25+,26+,27-,28-,29+,30+,31-,34+,35+,36+/m1/s1. The van der Waals surface area contributed by atoms with Crippen LogP contribution in [-0.2, 0) is 9.47 Å². The van der Waals surface area contributed by atoms with E-state index in [0.717, 1.165) is 44.3 Å². The molecular weight excluding hydrogens is 526 g/mol. The number of piperidine rings is 1. The summed E-state index contributed by atoms with van der Waals surface area (Å²) in [5, 5.41) is 11.7. The van der Waals surface area contributed by atoms with Gasteiger partial charge in [0.05, 0.1) is 17.2 Å². The second kappa shape index (κ2) is 9.03. The highest BCUT2D eigenvalue weighted by Crippen LogP contribution is 2.84. The number of aliphatic hydroxyl groups excluding tert-OH is 1. The Kier molecular flexibility index (Phi) is 5.73. The van der Waals surface area contributed by atoms with Gasteiger partial charge in [0, 0.05) is 29.3 Å². The molecule has 5 aliphatic carbocycles. The predicted octanol–water partition coefficient (Wildman–Crippen LogP) is 5.52. The minimum absolute atomic E-state index is 0.0698. The van der Waals surface area contributed by atoms with Crippen LogP contribution in [0.5, 0.6) is 0 Å². The maximum absolute atomic E-state index is 13.6. The zero-order valence-corrected chi connectivity index (χ0v) is 24.6. The average Bonchev–Trinajstić information content (AvgIpc) is 3.53. The second-order valence-electron chi connectivity index (χ2n) is 14.4. The first kappa shape index (κ1) is 26.7. The number of aliphatic hydroxyl groups is 1. The van der Waals surface area contributed by atoms with Crippen molar-refractivity contribution in [2.45, 2.75) is 70.3 Å². The molecule has 42 heavy (non-hydrogen) atoms. The van der Waals surface area contributed by atoms with Crippen molar-refractivity contribution in [2.24, 2.45) is 39.9 Å². The number of fused-ring (bicyclic) bond motifs is 1. The van der Waals surface area contributed by atoms with E-state index in [0.29, 0.717) is 23.5 Å². The van der Waals surface area contributed by atoms with Gasteiger partial charge >= 0.3 is 11.9 Å². The molecule has 0 unspecified atom stereocenters. The maximum Gasteiger partial charge on any atom is 0.338 e. The Bertz CT molecular complexity index is 1440. The van der Waals surface area contributed by atoms with Gasteiger partial charge in [0.1, 0.15) is 12.2 Å². The zero-order valence-electron chi connectivity index (χ0n) is 24.6. The number of likely N-dealkylation sites (tertiary alicyclic amines) is 1. The molecule has 0 amide bonds. The average molecular weight is 568 g/mol. The van der Waals surface area contributed by atoms with E-state index in [4.69, 9.17) is 9.47 Å². The summed E-state index contributed by atoms with van der Waals surface area (Å²) >= 11 is 0. The van der Waals surface area contributed by atoms with Gasteiger partial charge in [-0.05, 0) is 91.7 Å². The van der Waals surface area contributed by atoms with Crippen LogP contribution in [0.3, 0.4) is 0 Å². The van der Waals surface area contributed by atoms with E-state index in [1.54, 1.807) is 12.1 Å². The molecule has 2 aromatic carbocycles. The Balaban J connectivity index is 1.26. The van der Waals surface area contributed by atoms with E-state index < -0.39 is 12.2 Å². The van der Waals surface area contributed by atoms with Crippen LogP contribution in [-0.4, -0.2) is 59.4 Å². The van der Waals surface area contributed by atoms with E-state index in [2.05, 4.69) is 25.3 Å². The molecule has 1 N–H and O–H groups in total. The SMILES string of the molecule is C=C1[C@H]2C[C@@]3([C@@H]1OC(=O)c1ccccc1)[C@@H](C[C@@H]2O)[C@@]12[C@@H](OC(=O)c4ccccc4)CC[C@@]4(C)CN(CC)[C@H]1[C@@H]3C[C@H]42. The molecule has 2 aromatic rings. The zero-order chi connectivity index (χ0) is 29.0. The highest BCUT2D eigenvalue weighted by atomic mass is 16.6. The van der Waals surface area contributed by atoms with Crippen molar-refractivity contribution in [3.8, 4) is 0 Å². The summed E-state index contributed by atoms with van der Waals surface area (Å²) < 4.78 is 13.1. The van der Waals surface area contributed by atoms with E-state index in [9.17, 15) is 14.7 Å². The number of carbonyl (C=O) groups is 2. The van der Waals surface area contributed by atoms with Gasteiger partial charge in [-0.15, -0.1) is 0 Å². The molecule has 6 nitrogen and oxygen atoms in total. The van der Waals surface area contributed by atoms with Crippen molar-refractivity contribution in [3.63, 3.8) is 0 Å². The molecule has 0 radical (unpaired) electrons. The smallest absolute Gasteiger partial charge is 0.338 e. The summed E-state index contributed by atoms with van der Waals surface area (Å²) in [4.78, 5) is 29.9. The molecule has 5 saturated carbocycles. The lowest BCUT2D eigenvalue weighted by molar-refractivity contribution is -0.218. The molecule has 1 aliphatic heterocycles. The van der Waals surface area contributed by atoms with Crippen LogP contribution in [0.4, 0.5) is 0 Å². The molecule has 6 heteroatoms. The highest BCUT2D eigenvalue weighted by molar-refractivity contribution is 5.90. The predicted molar refractivity (Wildman–Crippen MR) is 157 cm³/mol. The Hall–Kier alpha value is -2.96. The number of benzene rings is 2. The molecule has 8 rings (SSSR count). The first-order valence-electron chi connectivity index (χ1n) is 15.9. The monoisotopic (exact) mass is 567 g/mol. The van der Waals surface area contributed by atoms with Gasteiger partial charge in [-0.2, -0.15) is 0 Å². The fraction of sp³-hybridized carbons (Fsp3) is 0.556. The number of nitrogens with zero attached hydrogens (tertiary/aromatic N) is 1. The van der Waals surface area contributed by atoms with E-state index in [1.165, 1.54) is 0 Å². The van der Waals surface area contributed by atoms with Crippen LogP contribution in [0.1, 0.15) is 66.7 Å². The van der Waals surface area contributed by atoms with Crippen molar-refractivity contribution in [1.82, 2.24) is 4.90 Å². The highest BCUT2D eigenvalue weighted by Gasteiger charge is 2.86. The Morgan fingerprint density at radius 2 is 1.62 bits per heavy atom. The van der Waals surface area contributed by atoms with E-state index >= 15 is 0 Å². The largest absolute Gasteiger partial charge is 0.458 e. The van der Waals surface area contributed by atoms with Gasteiger partial charge in [0.2, 0.25) is 0 Å². The Morgan fingerprint density at radius 3 is 2.26 bits per heavy atom. The topological polar surface area (TPSA) is 76.1 Å². The quantitative estimate of drug-likeness (QED) is 0.379. The molecule has 1 saturated heterocycles. The Labute approximate surface area is 248 Å². The number of rotatable bonds is 5. The molecule has 11 atom stereocenters. The third kappa shape index (κ3) is 3.18. The number of carbonyl (C=O) groups excluding carboxylic acids is 2. The van der Waals surface area contributed by atoms with Gasteiger partial charge in [0.25, 0.3) is 0 Å². The molecule has 1 heterocycles. The van der Waals surface area contributed by atoms with Gasteiger partial charge in [0.15, 0.2) is 0 Å². The fourth-order valence-corrected chi connectivity index (χ4v) is 11.8. The van der Waals surface area contributed by atoms with Gasteiger partial charge in [-0.3, -0.25) is 4.90 Å². The van der Waals surface area contributed by atoms with E-state index in [1.807, 2.05) is 48.5 Å². The summed E-state index contributed by atoms with van der Waals surface area (Å²) in [6, 6.07) is 18.8. The minimum Gasteiger partial charge on any atom is -0.458 e. The summed E-state index contributed by atoms with van der Waals surface area (Å²) in [6.45, 7) is 11.2. The number of esters is 2. The van der Waals surface area contributed by atoms with Crippen LogP contribution in [0.25, 0.3) is 0 Å². The van der Waals surface area contributed by atoms with Gasteiger partial charge in [-0.25, -0.2) is 9.59 Å². The van der Waals surface area contributed by atoms with Crippen LogP contribution < -0.4 is 0 Å². The number of hydrogen-bond acceptors (Lipinski definition) is 6. The molecule has 7 bridgehead atoms. The minimum atomic E-state index is -0.542. The van der Waals surface area contributed by atoms with Gasteiger partial charge < -0.3 is 14.6 Å². The third-order valence-corrected chi connectivity index (χ3v) is 13.0. The van der Waals surface area contributed by atoms with Crippen molar-refractivity contribution in [3.05, 3.63) is 83.9 Å². The van der Waals surface area contributed by atoms with Crippen LogP contribution in [0, 0.1) is 39.9 Å². The van der Waals surface area contributed by atoms with Crippen molar-refractivity contribution < 1.29 is 24.2 Å². The summed E-state index contributed by atoms with van der Waals surface area (Å²) in [6.07, 6.45) is 3.07.